The summed E-state index contributed by atoms with van der Waals surface area (Å²) in [6.45, 7) is 0.628. The number of fused-ring (bicyclic) bond motifs is 1. The average Bonchev–Trinajstić information content (AvgIpc) is 2.94. The lowest BCUT2D eigenvalue weighted by Crippen LogP contribution is -2.00. The third kappa shape index (κ3) is 2.76. The number of benzene rings is 2. The number of aromatic nitrogens is 2. The van der Waals surface area contributed by atoms with E-state index >= 15 is 0 Å². The van der Waals surface area contributed by atoms with Gasteiger partial charge in [0.2, 0.25) is 0 Å². The topological polar surface area (TPSA) is 59.2 Å². The van der Waals surface area contributed by atoms with Gasteiger partial charge in [0.05, 0.1) is 31.8 Å². The zero-order valence-corrected chi connectivity index (χ0v) is 12.0. The van der Waals surface area contributed by atoms with E-state index in [1.807, 2.05) is 42.5 Å². The molecule has 0 atom stereocenters. The Morgan fingerprint density at radius 3 is 2.48 bits per heavy atom. The van der Waals surface area contributed by atoms with E-state index < -0.39 is 0 Å². The number of para-hydroxylation sites is 1. The van der Waals surface area contributed by atoms with Crippen LogP contribution >= 0.6 is 0 Å². The Hall–Kier alpha value is -2.69. The number of hydrogen-bond acceptors (Lipinski definition) is 4. The van der Waals surface area contributed by atoms with Crippen LogP contribution in [0, 0.1) is 0 Å². The summed E-state index contributed by atoms with van der Waals surface area (Å²) < 4.78 is 10.6. The number of nitrogens with zero attached hydrogens (tertiary/aromatic N) is 1. The molecule has 0 fully saturated rings. The number of methoxy groups -OCH3 is 2. The summed E-state index contributed by atoms with van der Waals surface area (Å²) in [6.07, 6.45) is 0. The van der Waals surface area contributed by atoms with Gasteiger partial charge in [-0.1, -0.05) is 18.2 Å². The maximum absolute atomic E-state index is 5.29. The Morgan fingerprint density at radius 1 is 1.05 bits per heavy atom. The van der Waals surface area contributed by atoms with Gasteiger partial charge < -0.3 is 19.8 Å². The van der Waals surface area contributed by atoms with E-state index in [1.54, 1.807) is 14.2 Å². The van der Waals surface area contributed by atoms with Crippen molar-refractivity contribution in [2.24, 2.45) is 0 Å². The number of ether oxygens (including phenoxy) is 2. The first-order chi connectivity index (χ1) is 10.3. The summed E-state index contributed by atoms with van der Waals surface area (Å²) >= 11 is 0. The number of aromatic amines is 1. The van der Waals surface area contributed by atoms with Crippen molar-refractivity contribution in [1.29, 1.82) is 0 Å². The molecule has 108 valence electrons. The molecule has 3 aromatic rings. The molecular weight excluding hydrogens is 266 g/mol. The largest absolute Gasteiger partial charge is 0.493 e. The SMILES string of the molecule is COc1cc2nc(CNc3ccccc3)[nH]c2cc1OC. The molecule has 21 heavy (non-hydrogen) atoms. The highest BCUT2D eigenvalue weighted by Gasteiger charge is 2.09. The van der Waals surface area contributed by atoms with Crippen LogP contribution in [0.5, 0.6) is 11.5 Å². The third-order valence-electron chi connectivity index (χ3n) is 3.27. The zero-order valence-electron chi connectivity index (χ0n) is 12.0. The summed E-state index contributed by atoms with van der Waals surface area (Å²) in [4.78, 5) is 7.84. The molecule has 0 aliphatic heterocycles. The van der Waals surface area contributed by atoms with Gasteiger partial charge in [-0.25, -0.2) is 4.98 Å². The van der Waals surface area contributed by atoms with Crippen LogP contribution in [0.1, 0.15) is 5.82 Å². The Labute approximate surface area is 122 Å². The molecule has 2 aromatic carbocycles. The Kier molecular flexibility index (Phi) is 3.64. The lowest BCUT2D eigenvalue weighted by molar-refractivity contribution is 0.356. The number of rotatable bonds is 5. The Bertz CT molecular complexity index is 697. The highest BCUT2D eigenvalue weighted by molar-refractivity contribution is 5.79. The van der Waals surface area contributed by atoms with Gasteiger partial charge in [-0.3, -0.25) is 0 Å². The van der Waals surface area contributed by atoms with Crippen LogP contribution in [0.25, 0.3) is 11.0 Å². The second kappa shape index (κ2) is 5.75. The molecule has 3 rings (SSSR count). The molecule has 5 heteroatoms. The minimum absolute atomic E-state index is 0.628. The minimum atomic E-state index is 0.628. The van der Waals surface area contributed by atoms with E-state index in [4.69, 9.17) is 9.47 Å². The van der Waals surface area contributed by atoms with E-state index in [2.05, 4.69) is 15.3 Å². The molecule has 0 bridgehead atoms. The normalized spacial score (nSPS) is 10.6. The van der Waals surface area contributed by atoms with Crippen molar-refractivity contribution in [2.75, 3.05) is 19.5 Å². The van der Waals surface area contributed by atoms with Gasteiger partial charge in [-0.15, -0.1) is 0 Å². The number of hydrogen-bond donors (Lipinski definition) is 2. The summed E-state index contributed by atoms with van der Waals surface area (Å²) in [5, 5.41) is 3.32. The highest BCUT2D eigenvalue weighted by Crippen LogP contribution is 2.31. The fraction of sp³-hybridized carbons (Fsp3) is 0.188. The van der Waals surface area contributed by atoms with Crippen LogP contribution in [0.2, 0.25) is 0 Å². The van der Waals surface area contributed by atoms with Crippen molar-refractivity contribution < 1.29 is 9.47 Å². The average molecular weight is 283 g/mol. The van der Waals surface area contributed by atoms with Crippen LogP contribution in [-0.4, -0.2) is 24.2 Å². The standard InChI is InChI=1S/C16H17N3O2/c1-20-14-8-12-13(9-15(14)21-2)19-16(18-12)10-17-11-6-4-3-5-7-11/h3-9,17H,10H2,1-2H3,(H,18,19). The molecule has 0 saturated carbocycles. The van der Waals surface area contributed by atoms with Crippen LogP contribution in [0.15, 0.2) is 42.5 Å². The fourth-order valence-corrected chi connectivity index (χ4v) is 2.22. The van der Waals surface area contributed by atoms with Crippen molar-refractivity contribution in [3.05, 3.63) is 48.3 Å². The van der Waals surface area contributed by atoms with E-state index in [-0.39, 0.29) is 0 Å². The monoisotopic (exact) mass is 283 g/mol. The predicted molar refractivity (Wildman–Crippen MR) is 83.0 cm³/mol. The molecule has 0 aliphatic carbocycles. The molecule has 0 unspecified atom stereocenters. The Balaban J connectivity index is 1.84. The highest BCUT2D eigenvalue weighted by atomic mass is 16.5. The molecule has 5 nitrogen and oxygen atoms in total. The molecule has 2 N–H and O–H groups in total. The summed E-state index contributed by atoms with van der Waals surface area (Å²) in [6, 6.07) is 13.8. The number of nitrogens with one attached hydrogen (secondary N) is 2. The van der Waals surface area contributed by atoms with Gasteiger partial charge in [0, 0.05) is 17.8 Å². The number of H-pyrrole nitrogens is 1. The lowest BCUT2D eigenvalue weighted by atomic mass is 10.3. The van der Waals surface area contributed by atoms with Gasteiger partial charge in [-0.05, 0) is 12.1 Å². The molecular formula is C16H17N3O2. The van der Waals surface area contributed by atoms with Gasteiger partial charge in [0.25, 0.3) is 0 Å². The van der Waals surface area contributed by atoms with Gasteiger partial charge in [-0.2, -0.15) is 0 Å². The van der Waals surface area contributed by atoms with Gasteiger partial charge in [0.15, 0.2) is 11.5 Å². The van der Waals surface area contributed by atoms with Crippen molar-refractivity contribution in [1.82, 2.24) is 9.97 Å². The first-order valence-electron chi connectivity index (χ1n) is 6.69. The van der Waals surface area contributed by atoms with E-state index in [1.165, 1.54) is 0 Å². The quantitative estimate of drug-likeness (QED) is 0.755. The van der Waals surface area contributed by atoms with Crippen LogP contribution in [0.4, 0.5) is 5.69 Å². The van der Waals surface area contributed by atoms with Crippen molar-refractivity contribution in [3.8, 4) is 11.5 Å². The number of anilines is 1. The van der Waals surface area contributed by atoms with Crippen molar-refractivity contribution in [2.45, 2.75) is 6.54 Å². The summed E-state index contributed by atoms with van der Waals surface area (Å²) in [5.74, 6) is 2.24. The van der Waals surface area contributed by atoms with Crippen molar-refractivity contribution in [3.63, 3.8) is 0 Å². The van der Waals surface area contributed by atoms with E-state index in [0.29, 0.717) is 18.0 Å². The maximum Gasteiger partial charge on any atom is 0.163 e. The second-order valence-corrected chi connectivity index (χ2v) is 4.63. The first kappa shape index (κ1) is 13.3. The summed E-state index contributed by atoms with van der Waals surface area (Å²) in [5.41, 5.74) is 2.85. The van der Waals surface area contributed by atoms with E-state index in [0.717, 1.165) is 22.5 Å². The lowest BCUT2D eigenvalue weighted by Gasteiger charge is -2.06. The molecule has 1 aromatic heterocycles. The Morgan fingerprint density at radius 2 is 1.76 bits per heavy atom. The molecule has 0 saturated heterocycles. The van der Waals surface area contributed by atoms with Gasteiger partial charge in [0.1, 0.15) is 5.82 Å². The third-order valence-corrected chi connectivity index (χ3v) is 3.27. The zero-order chi connectivity index (χ0) is 14.7. The second-order valence-electron chi connectivity index (χ2n) is 4.63. The van der Waals surface area contributed by atoms with E-state index in [9.17, 15) is 0 Å². The predicted octanol–water partition coefficient (Wildman–Crippen LogP) is 3.19. The maximum atomic E-state index is 5.29. The number of imidazole rings is 1. The molecule has 1 heterocycles. The molecule has 0 aliphatic rings. The molecule has 0 spiro atoms. The minimum Gasteiger partial charge on any atom is -0.493 e. The van der Waals surface area contributed by atoms with Crippen LogP contribution in [0.3, 0.4) is 0 Å². The van der Waals surface area contributed by atoms with Gasteiger partial charge >= 0.3 is 0 Å². The van der Waals surface area contributed by atoms with Crippen LogP contribution in [-0.2, 0) is 6.54 Å². The fourth-order valence-electron chi connectivity index (χ4n) is 2.22. The van der Waals surface area contributed by atoms with Crippen LogP contribution < -0.4 is 14.8 Å². The molecule has 0 amide bonds. The van der Waals surface area contributed by atoms with Crippen molar-refractivity contribution >= 4 is 16.7 Å². The first-order valence-corrected chi connectivity index (χ1v) is 6.69. The summed E-state index contributed by atoms with van der Waals surface area (Å²) in [7, 11) is 3.24. The molecule has 0 radical (unpaired) electrons. The smallest absolute Gasteiger partial charge is 0.163 e.